The summed E-state index contributed by atoms with van der Waals surface area (Å²) in [7, 11) is 1.92. The molecule has 34 heavy (non-hydrogen) atoms. The van der Waals surface area contributed by atoms with E-state index in [-0.39, 0.29) is 12.3 Å². The minimum atomic E-state index is -1.99. The number of carboxylic acid groups (broad SMARTS) is 1. The maximum atomic E-state index is 13.6. The fourth-order valence-electron chi connectivity index (χ4n) is 3.87. The van der Waals surface area contributed by atoms with Crippen LogP contribution in [0.2, 0.25) is 0 Å². The number of para-hydroxylation sites is 4. The summed E-state index contributed by atoms with van der Waals surface area (Å²) in [6.07, 6.45) is -0.824. The van der Waals surface area contributed by atoms with Gasteiger partial charge in [-0.3, -0.25) is 0 Å². The number of alkyl halides is 4. The van der Waals surface area contributed by atoms with Crippen molar-refractivity contribution in [2.24, 2.45) is 0 Å². The first-order chi connectivity index (χ1) is 16.1. The number of carboxylic acids is 1. The predicted octanol–water partition coefficient (Wildman–Crippen LogP) is 3.46. The van der Waals surface area contributed by atoms with Gasteiger partial charge < -0.3 is 0 Å². The Morgan fingerprint density at radius 1 is 0.941 bits per heavy atom. The van der Waals surface area contributed by atoms with Crippen molar-refractivity contribution >= 4 is 66.1 Å². The van der Waals surface area contributed by atoms with Crippen LogP contribution < -0.4 is 15.1 Å². The number of aliphatic carboxylic acids is 1. The number of amides is 2. The standard InChI is InChI=1S/C24H27FIN3O5/c1-26(2)15(24(34)27-16(13-23(32)33)21(30)14-25)12-22(31)29-19-10-6-4-8-17(19)28(3)18-9-5-7-11-20(18)29/h4-11,15-16H,12-14H2,1-3H3,(H,27,34)(H,32,33)/t15-,16?/m1/s1. The Kier molecular flexibility index (Phi) is 8.24. The van der Waals surface area contributed by atoms with Crippen LogP contribution in [0.5, 0.6) is 0 Å². The van der Waals surface area contributed by atoms with Gasteiger partial charge in [0.25, 0.3) is 0 Å². The number of nitrogens with zero attached hydrogens (tertiary/aromatic N) is 2. The number of rotatable bonds is 9. The third-order valence-electron chi connectivity index (χ3n) is 5.60. The minimum absolute atomic E-state index is 0.111. The molecule has 1 unspecified atom stereocenters. The van der Waals surface area contributed by atoms with Gasteiger partial charge in [-0.2, -0.15) is 0 Å². The summed E-state index contributed by atoms with van der Waals surface area (Å²) in [5, 5.41) is 11.4. The van der Waals surface area contributed by atoms with Crippen molar-refractivity contribution in [3.8, 4) is 0 Å². The third kappa shape index (κ3) is 5.37. The molecule has 0 aromatic heterocycles. The molecular weight excluding hydrogens is 556 g/mol. The molecule has 2 atom stereocenters. The molecule has 3 rings (SSSR count). The van der Waals surface area contributed by atoms with E-state index in [0.29, 0.717) is 11.4 Å². The van der Waals surface area contributed by atoms with Crippen LogP contribution in [-0.2, 0) is 19.2 Å². The molecule has 10 heteroatoms. The van der Waals surface area contributed by atoms with Crippen LogP contribution in [0.4, 0.5) is 27.1 Å². The van der Waals surface area contributed by atoms with E-state index in [2.05, 4.69) is 5.32 Å². The van der Waals surface area contributed by atoms with E-state index in [1.54, 1.807) is 4.90 Å². The summed E-state index contributed by atoms with van der Waals surface area (Å²) in [6.45, 7) is -1.38. The first kappa shape index (κ1) is 25.6. The van der Waals surface area contributed by atoms with Gasteiger partial charge in [-0.15, -0.1) is 0 Å². The second kappa shape index (κ2) is 10.9. The molecule has 2 aromatic rings. The second-order valence-corrected chi connectivity index (χ2v) is 14.2. The molecule has 0 saturated carbocycles. The molecule has 0 fully saturated rings. The number of benzene rings is 2. The molecular formula is C24H27FIN3O5. The molecule has 0 radical (unpaired) electrons. The predicted molar refractivity (Wildman–Crippen MR) is 138 cm³/mol. The zero-order chi connectivity index (χ0) is 25.0. The van der Waals surface area contributed by atoms with Gasteiger partial charge in [0.15, 0.2) is 0 Å². The van der Waals surface area contributed by atoms with Gasteiger partial charge in [0.05, 0.1) is 0 Å². The summed E-state index contributed by atoms with van der Waals surface area (Å²) in [5.41, 5.74) is 3.07. The summed E-state index contributed by atoms with van der Waals surface area (Å²) in [6, 6.07) is 13.5. The number of carbonyl (C=O) groups excluding carboxylic acids is 3. The van der Waals surface area contributed by atoms with Crippen molar-refractivity contribution < 1.29 is 28.7 Å². The molecule has 8 nitrogen and oxygen atoms in total. The van der Waals surface area contributed by atoms with E-state index in [4.69, 9.17) is 5.11 Å². The van der Waals surface area contributed by atoms with Gasteiger partial charge >= 0.3 is 205 Å². The Bertz CT molecular complexity index is 1060. The van der Waals surface area contributed by atoms with E-state index in [1.165, 1.54) is 0 Å². The van der Waals surface area contributed by atoms with Gasteiger partial charge in [-0.25, -0.2) is 0 Å². The zero-order valence-corrected chi connectivity index (χ0v) is 21.3. The number of anilines is 4. The number of nitrogens with one attached hydrogen (secondary N) is 1. The van der Waals surface area contributed by atoms with E-state index in [0.717, 1.165) is 11.4 Å². The van der Waals surface area contributed by atoms with Crippen molar-refractivity contribution in [1.29, 1.82) is 0 Å². The number of carbonyl (C=O) groups is 4. The summed E-state index contributed by atoms with van der Waals surface area (Å²) >= 11 is -1.99. The number of fused-ring (bicyclic) bond motifs is 2. The first-order valence-corrected chi connectivity index (χ1v) is 16.1. The molecule has 182 valence electrons. The van der Waals surface area contributed by atoms with E-state index < -0.39 is 60.5 Å². The fraction of sp³-hybridized carbons (Fsp3) is 0.333. The van der Waals surface area contributed by atoms with Crippen molar-refractivity contribution in [3.05, 3.63) is 48.5 Å². The van der Waals surface area contributed by atoms with E-state index >= 15 is 0 Å². The van der Waals surface area contributed by atoms with Crippen LogP contribution in [0, 0.1) is 0 Å². The average molecular weight is 583 g/mol. The Hall–Kier alpha value is -3.02. The first-order valence-electron chi connectivity index (χ1n) is 10.5. The van der Waals surface area contributed by atoms with Crippen molar-refractivity contribution in [2.45, 2.75) is 22.8 Å². The number of ketones is 1. The molecule has 1 heterocycles. The van der Waals surface area contributed by atoms with Gasteiger partial charge in [0.1, 0.15) is 0 Å². The van der Waals surface area contributed by atoms with Gasteiger partial charge in [0, 0.05) is 0 Å². The third-order valence-corrected chi connectivity index (χ3v) is 9.61. The summed E-state index contributed by atoms with van der Waals surface area (Å²) in [4.78, 5) is 57.0. The van der Waals surface area contributed by atoms with E-state index in [1.807, 2.05) is 70.3 Å². The topological polar surface area (TPSA) is 107 Å². The van der Waals surface area contributed by atoms with Crippen LogP contribution in [0.3, 0.4) is 0 Å². The van der Waals surface area contributed by atoms with E-state index in [9.17, 15) is 23.6 Å². The Morgan fingerprint density at radius 2 is 1.44 bits per heavy atom. The molecule has 0 aliphatic carbocycles. The summed E-state index contributed by atoms with van der Waals surface area (Å²) < 4.78 is 12.2. The molecule has 0 saturated heterocycles. The van der Waals surface area contributed by atoms with Gasteiger partial charge in [0.2, 0.25) is 0 Å². The van der Waals surface area contributed by atoms with Gasteiger partial charge in [-0.05, 0) is 0 Å². The number of hydrogen-bond donors (Lipinski definition) is 2. The molecule has 1 aliphatic rings. The number of hydrogen-bond acceptors (Lipinski definition) is 5. The molecule has 0 spiro atoms. The fourth-order valence-corrected chi connectivity index (χ4v) is 6.44. The van der Waals surface area contributed by atoms with Crippen molar-refractivity contribution in [3.63, 3.8) is 0 Å². The second-order valence-electron chi connectivity index (χ2n) is 8.01. The molecule has 2 amide bonds. The quantitative estimate of drug-likeness (QED) is 0.346. The van der Waals surface area contributed by atoms with Crippen LogP contribution in [-0.4, -0.2) is 62.2 Å². The monoisotopic (exact) mass is 583 g/mol. The van der Waals surface area contributed by atoms with Crippen LogP contribution >= 0.6 is 19.8 Å². The molecule has 2 N–H and O–H groups in total. The number of Topliss-reactive ketones (excluding diaryl/α,β-unsaturated/α-hetero) is 1. The zero-order valence-electron chi connectivity index (χ0n) is 19.1. The van der Waals surface area contributed by atoms with Crippen LogP contribution in [0.15, 0.2) is 48.5 Å². The van der Waals surface area contributed by atoms with Crippen LogP contribution in [0.1, 0.15) is 12.8 Å². The van der Waals surface area contributed by atoms with Crippen molar-refractivity contribution in [1.82, 2.24) is 5.32 Å². The Labute approximate surface area is 204 Å². The molecule has 2 aromatic carbocycles. The normalized spacial score (nSPS) is 14.4. The summed E-state index contributed by atoms with van der Waals surface area (Å²) in [5.74, 6) is -3.21. The van der Waals surface area contributed by atoms with Crippen LogP contribution in [0.25, 0.3) is 0 Å². The Balaban J connectivity index is 1.89. The van der Waals surface area contributed by atoms with Gasteiger partial charge in [-0.1, -0.05) is 0 Å². The SMILES string of the molecule is CN1c2ccccc2N(C(=O)C[C@H](C(=O)NC(CC(=O)O)C(=O)CF)I(C)C)c2ccccc21. The number of halogens is 2. The van der Waals surface area contributed by atoms with Crippen molar-refractivity contribution in [2.75, 3.05) is 33.4 Å². The molecule has 0 bridgehead atoms. The Morgan fingerprint density at radius 3 is 1.88 bits per heavy atom. The molecule has 1 aliphatic heterocycles. The maximum absolute atomic E-state index is 13.6. The average Bonchev–Trinajstić information content (AvgIpc) is 2.81.